The van der Waals surface area contributed by atoms with Gasteiger partial charge in [-0.25, -0.2) is 4.39 Å². The molecule has 0 spiro atoms. The van der Waals surface area contributed by atoms with E-state index in [-0.39, 0.29) is 5.82 Å². The van der Waals surface area contributed by atoms with Crippen molar-refractivity contribution in [1.29, 1.82) is 0 Å². The molecule has 0 bridgehead atoms. The quantitative estimate of drug-likeness (QED) is 0.552. The third-order valence-electron chi connectivity index (χ3n) is 1.30. The third-order valence-corrected chi connectivity index (χ3v) is 2.12. The first kappa shape index (κ1) is 7.91. The molecule has 0 aliphatic carbocycles. The Kier molecular flexibility index (Phi) is 2.59. The summed E-state index contributed by atoms with van der Waals surface area (Å²) in [5.74, 6) is -0.253. The third kappa shape index (κ3) is 1.65. The van der Waals surface area contributed by atoms with Crippen LogP contribution in [0.4, 0.5) is 4.39 Å². The van der Waals surface area contributed by atoms with E-state index >= 15 is 0 Å². The van der Waals surface area contributed by atoms with E-state index in [0.29, 0.717) is 0 Å². The lowest BCUT2D eigenvalue weighted by atomic mass is 10.2. The molecular weight excluding hydrogens is 244 g/mol. The summed E-state index contributed by atoms with van der Waals surface area (Å²) in [6.45, 7) is 1.88. The minimum Gasteiger partial charge on any atom is -0.258 e. The molecule has 0 fully saturated rings. The molecule has 0 aliphatic heterocycles. The molecule has 0 saturated heterocycles. The molecule has 0 N–H and O–H groups in total. The van der Waals surface area contributed by atoms with Crippen molar-refractivity contribution >= 4 is 22.6 Å². The summed E-state index contributed by atoms with van der Waals surface area (Å²) in [5.41, 5.74) is 1.89. The van der Waals surface area contributed by atoms with E-state index in [2.05, 4.69) is 27.6 Å². The first-order chi connectivity index (χ1) is 4.74. The van der Waals surface area contributed by atoms with Crippen LogP contribution in [0.25, 0.3) is 0 Å². The maximum absolute atomic E-state index is 12.5. The fourth-order valence-electron chi connectivity index (χ4n) is 0.685. The van der Waals surface area contributed by atoms with Gasteiger partial charge in [0.2, 0.25) is 0 Å². The molecule has 1 heterocycles. The number of aromatic nitrogens is 1. The molecule has 0 aliphatic rings. The lowest BCUT2D eigenvalue weighted by molar-refractivity contribution is 0.618. The van der Waals surface area contributed by atoms with Gasteiger partial charge in [-0.2, -0.15) is 0 Å². The molecule has 0 radical (unpaired) electrons. The van der Waals surface area contributed by atoms with Crippen LogP contribution in [0.3, 0.4) is 0 Å². The second-order valence-corrected chi connectivity index (χ2v) is 2.79. The number of pyridine rings is 1. The van der Waals surface area contributed by atoms with Gasteiger partial charge >= 0.3 is 0 Å². The molecule has 10 heavy (non-hydrogen) atoms. The van der Waals surface area contributed by atoms with E-state index in [1.54, 1.807) is 0 Å². The lowest BCUT2D eigenvalue weighted by Crippen LogP contribution is -1.90. The van der Waals surface area contributed by atoms with E-state index in [4.69, 9.17) is 0 Å². The van der Waals surface area contributed by atoms with Crippen molar-refractivity contribution in [3.05, 3.63) is 29.3 Å². The highest BCUT2D eigenvalue weighted by molar-refractivity contribution is 14.1. The Morgan fingerprint density at radius 3 is 2.90 bits per heavy atom. The van der Waals surface area contributed by atoms with Crippen LogP contribution in [-0.4, -0.2) is 4.98 Å². The molecule has 1 aromatic heterocycles. The van der Waals surface area contributed by atoms with Crippen molar-refractivity contribution in [3.8, 4) is 0 Å². The molecule has 1 rings (SSSR count). The first-order valence-electron chi connectivity index (χ1n) is 2.91. The van der Waals surface area contributed by atoms with Gasteiger partial charge in [0, 0.05) is 10.1 Å². The number of rotatable bonds is 1. The summed E-state index contributed by atoms with van der Waals surface area (Å²) in [6, 6.07) is 1.52. The average molecular weight is 251 g/mol. The SMILES string of the molecule is Cc1ncc(F)cc1CI. The Morgan fingerprint density at radius 2 is 2.40 bits per heavy atom. The molecule has 0 saturated carbocycles. The van der Waals surface area contributed by atoms with Crippen LogP contribution >= 0.6 is 22.6 Å². The van der Waals surface area contributed by atoms with E-state index in [1.807, 2.05) is 6.92 Å². The maximum Gasteiger partial charge on any atom is 0.141 e. The monoisotopic (exact) mass is 251 g/mol. The number of aryl methyl sites for hydroxylation is 1. The zero-order chi connectivity index (χ0) is 7.56. The number of hydrogen-bond donors (Lipinski definition) is 0. The minimum absolute atomic E-state index is 0.253. The smallest absolute Gasteiger partial charge is 0.141 e. The first-order valence-corrected chi connectivity index (χ1v) is 4.43. The van der Waals surface area contributed by atoms with Gasteiger partial charge in [-0.15, -0.1) is 0 Å². The van der Waals surface area contributed by atoms with E-state index < -0.39 is 0 Å². The molecular formula is C7H7FIN. The number of hydrogen-bond acceptors (Lipinski definition) is 1. The van der Waals surface area contributed by atoms with Crippen LogP contribution in [-0.2, 0) is 4.43 Å². The molecule has 1 nitrogen and oxygen atoms in total. The van der Waals surface area contributed by atoms with Crippen molar-refractivity contribution in [2.24, 2.45) is 0 Å². The Hall–Kier alpha value is -0.190. The lowest BCUT2D eigenvalue weighted by Gasteiger charge is -1.98. The highest BCUT2D eigenvalue weighted by Gasteiger charge is 1.98. The highest BCUT2D eigenvalue weighted by Crippen LogP contribution is 2.10. The number of nitrogens with zero attached hydrogens (tertiary/aromatic N) is 1. The Morgan fingerprint density at radius 1 is 1.70 bits per heavy atom. The largest absolute Gasteiger partial charge is 0.258 e. The van der Waals surface area contributed by atoms with Crippen molar-refractivity contribution in [2.75, 3.05) is 0 Å². The zero-order valence-corrected chi connectivity index (χ0v) is 7.72. The standard InChI is InChI=1S/C7H7FIN/c1-5-6(3-9)2-7(8)4-10-5/h2,4H,3H2,1H3. The van der Waals surface area contributed by atoms with Crippen LogP contribution in [0.2, 0.25) is 0 Å². The second kappa shape index (κ2) is 3.27. The Labute approximate surface area is 72.8 Å². The summed E-state index contributed by atoms with van der Waals surface area (Å²) in [6.07, 6.45) is 1.24. The summed E-state index contributed by atoms with van der Waals surface area (Å²) in [4.78, 5) is 3.87. The van der Waals surface area contributed by atoms with Crippen molar-refractivity contribution in [1.82, 2.24) is 4.98 Å². The predicted molar refractivity (Wildman–Crippen MR) is 46.7 cm³/mol. The average Bonchev–Trinajstić information content (AvgIpc) is 1.94. The van der Waals surface area contributed by atoms with Gasteiger partial charge in [-0.3, -0.25) is 4.98 Å². The van der Waals surface area contributed by atoms with Crippen LogP contribution in [0.15, 0.2) is 12.3 Å². The molecule has 3 heteroatoms. The molecule has 54 valence electrons. The van der Waals surface area contributed by atoms with Gasteiger partial charge in [-0.1, -0.05) is 22.6 Å². The van der Waals surface area contributed by atoms with Crippen LogP contribution in [0.1, 0.15) is 11.3 Å². The zero-order valence-electron chi connectivity index (χ0n) is 5.56. The molecule has 0 aromatic carbocycles. The molecule has 0 unspecified atom stereocenters. The van der Waals surface area contributed by atoms with Crippen molar-refractivity contribution in [3.63, 3.8) is 0 Å². The van der Waals surface area contributed by atoms with E-state index in [0.717, 1.165) is 15.7 Å². The Bertz CT molecular complexity index is 237. The second-order valence-electron chi connectivity index (χ2n) is 2.03. The molecule has 1 aromatic rings. The van der Waals surface area contributed by atoms with Crippen LogP contribution < -0.4 is 0 Å². The highest BCUT2D eigenvalue weighted by atomic mass is 127. The minimum atomic E-state index is -0.253. The van der Waals surface area contributed by atoms with E-state index in [1.165, 1.54) is 12.3 Å². The summed E-state index contributed by atoms with van der Waals surface area (Å²) < 4.78 is 13.3. The number of halogens is 2. The van der Waals surface area contributed by atoms with E-state index in [9.17, 15) is 4.39 Å². The van der Waals surface area contributed by atoms with Crippen LogP contribution in [0, 0.1) is 12.7 Å². The van der Waals surface area contributed by atoms with Gasteiger partial charge < -0.3 is 0 Å². The fourth-order valence-corrected chi connectivity index (χ4v) is 1.46. The summed E-state index contributed by atoms with van der Waals surface area (Å²) >= 11 is 2.19. The topological polar surface area (TPSA) is 12.9 Å². The van der Waals surface area contributed by atoms with Gasteiger partial charge in [0.25, 0.3) is 0 Å². The molecule has 0 amide bonds. The van der Waals surface area contributed by atoms with Gasteiger partial charge in [0.1, 0.15) is 5.82 Å². The predicted octanol–water partition coefficient (Wildman–Crippen LogP) is 2.46. The van der Waals surface area contributed by atoms with Gasteiger partial charge in [-0.05, 0) is 18.6 Å². The van der Waals surface area contributed by atoms with Gasteiger partial charge in [0.05, 0.1) is 6.20 Å². The Balaban J connectivity index is 3.09. The molecule has 0 atom stereocenters. The van der Waals surface area contributed by atoms with Crippen molar-refractivity contribution < 1.29 is 4.39 Å². The summed E-state index contributed by atoms with van der Waals surface area (Å²) in [5, 5.41) is 0. The van der Waals surface area contributed by atoms with Crippen LogP contribution in [0.5, 0.6) is 0 Å². The fraction of sp³-hybridized carbons (Fsp3) is 0.286. The summed E-state index contributed by atoms with van der Waals surface area (Å²) in [7, 11) is 0. The normalized spacial score (nSPS) is 9.90. The number of alkyl halides is 1. The van der Waals surface area contributed by atoms with Gasteiger partial charge in [0.15, 0.2) is 0 Å². The maximum atomic E-state index is 12.5. The van der Waals surface area contributed by atoms with Crippen molar-refractivity contribution in [2.45, 2.75) is 11.4 Å².